The van der Waals surface area contributed by atoms with Crippen molar-refractivity contribution in [3.05, 3.63) is 99.1 Å². The van der Waals surface area contributed by atoms with Crippen molar-refractivity contribution in [1.82, 2.24) is 5.32 Å². The predicted molar refractivity (Wildman–Crippen MR) is 133 cm³/mol. The summed E-state index contributed by atoms with van der Waals surface area (Å²) in [6, 6.07) is 20.6. The first-order valence-corrected chi connectivity index (χ1v) is 10.6. The fourth-order valence-electron chi connectivity index (χ4n) is 3.46. The van der Waals surface area contributed by atoms with Crippen LogP contribution in [0.1, 0.15) is 11.1 Å². The van der Waals surface area contributed by atoms with E-state index in [2.05, 4.69) is 10.6 Å². The highest BCUT2D eigenvalue weighted by molar-refractivity contribution is 7.80. The van der Waals surface area contributed by atoms with Crippen molar-refractivity contribution in [2.45, 2.75) is 6.17 Å². The number of hydrogen-bond acceptors (Lipinski definition) is 5. The van der Waals surface area contributed by atoms with Crippen molar-refractivity contribution >= 4 is 57.6 Å². The lowest BCUT2D eigenvalue weighted by molar-refractivity contribution is -0.384. The number of aliphatic imine (C=N–C) groups is 1. The lowest BCUT2D eigenvalue weighted by Gasteiger charge is -2.22. The van der Waals surface area contributed by atoms with Crippen LogP contribution in [0.4, 0.5) is 17.1 Å². The summed E-state index contributed by atoms with van der Waals surface area (Å²) in [5, 5.41) is 17.5. The zero-order valence-corrected chi connectivity index (χ0v) is 18.9. The molecule has 0 saturated carbocycles. The maximum atomic E-state index is 13.2. The molecule has 3 aromatic carbocycles. The number of halogens is 1. The van der Waals surface area contributed by atoms with E-state index in [9.17, 15) is 14.9 Å². The molecule has 8 nitrogen and oxygen atoms in total. The Bertz CT molecular complexity index is 1280. The number of thiocarbonyl (C=S) groups is 1. The third-order valence-corrected chi connectivity index (χ3v) is 5.48. The lowest BCUT2D eigenvalue weighted by atomic mass is 10.0. The number of nitrogens with one attached hydrogen (secondary N) is 2. The number of nitrogens with zero attached hydrogens (tertiary/aromatic N) is 3. The fourth-order valence-corrected chi connectivity index (χ4v) is 3.86. The molecule has 1 heterocycles. The zero-order chi connectivity index (χ0) is 23.5. The van der Waals surface area contributed by atoms with Crippen molar-refractivity contribution in [2.24, 2.45) is 4.99 Å². The van der Waals surface area contributed by atoms with Crippen molar-refractivity contribution in [3.8, 4) is 0 Å². The van der Waals surface area contributed by atoms with Crippen LogP contribution in [-0.4, -0.2) is 34.9 Å². The molecular formula is C23H18ClN5O3S. The molecule has 2 N–H and O–H groups in total. The second-order valence-corrected chi connectivity index (χ2v) is 8.06. The molecule has 1 atom stereocenters. The predicted octanol–water partition coefficient (Wildman–Crippen LogP) is 4.37. The number of non-ortho nitro benzene ring substituents is 1. The topological polar surface area (TPSA) is 99.9 Å². The molecule has 4 rings (SSSR count). The summed E-state index contributed by atoms with van der Waals surface area (Å²) >= 11 is 11.6. The van der Waals surface area contributed by atoms with Crippen molar-refractivity contribution in [2.75, 3.05) is 17.3 Å². The van der Waals surface area contributed by atoms with Gasteiger partial charge in [0.05, 0.1) is 16.3 Å². The average molecular weight is 480 g/mol. The van der Waals surface area contributed by atoms with Crippen molar-refractivity contribution in [1.29, 1.82) is 0 Å². The van der Waals surface area contributed by atoms with E-state index in [1.54, 1.807) is 37.4 Å². The van der Waals surface area contributed by atoms with E-state index in [4.69, 9.17) is 28.8 Å². The van der Waals surface area contributed by atoms with Gasteiger partial charge < -0.3 is 15.5 Å². The molecule has 1 unspecified atom stereocenters. The second-order valence-electron chi connectivity index (χ2n) is 7.21. The van der Waals surface area contributed by atoms with E-state index in [1.165, 1.54) is 17.0 Å². The number of nitro groups is 1. The van der Waals surface area contributed by atoms with E-state index in [0.29, 0.717) is 27.7 Å². The highest BCUT2D eigenvalue weighted by Gasteiger charge is 2.30. The average Bonchev–Trinajstić information content (AvgIpc) is 2.90. The molecule has 166 valence electrons. The van der Waals surface area contributed by atoms with Gasteiger partial charge in [-0.1, -0.05) is 48.0 Å². The van der Waals surface area contributed by atoms with E-state index >= 15 is 0 Å². The van der Waals surface area contributed by atoms with Crippen LogP contribution in [0.2, 0.25) is 5.02 Å². The van der Waals surface area contributed by atoms with Gasteiger partial charge >= 0.3 is 0 Å². The number of benzene rings is 3. The summed E-state index contributed by atoms with van der Waals surface area (Å²) in [7, 11) is 1.66. The first-order chi connectivity index (χ1) is 15.8. The number of rotatable bonds is 4. The molecule has 0 spiro atoms. The molecule has 1 amide bonds. The summed E-state index contributed by atoms with van der Waals surface area (Å²) in [6.07, 6.45) is -1.03. The smallest absolute Gasteiger partial charge is 0.272 e. The Morgan fingerprint density at radius 2 is 1.88 bits per heavy atom. The number of carbonyl (C=O) groups excluding carboxylic acids is 1. The third-order valence-electron chi connectivity index (χ3n) is 5.03. The quantitative estimate of drug-likeness (QED) is 0.327. The van der Waals surface area contributed by atoms with Crippen LogP contribution in [0.25, 0.3) is 0 Å². The molecule has 0 aromatic heterocycles. The third kappa shape index (κ3) is 4.84. The van der Waals surface area contributed by atoms with Gasteiger partial charge in [0.2, 0.25) is 6.17 Å². The number of fused-ring (bicyclic) bond motifs is 1. The van der Waals surface area contributed by atoms with Gasteiger partial charge in [-0.15, -0.1) is 0 Å². The zero-order valence-electron chi connectivity index (χ0n) is 17.4. The monoisotopic (exact) mass is 479 g/mol. The van der Waals surface area contributed by atoms with E-state index in [1.807, 2.05) is 30.3 Å². The van der Waals surface area contributed by atoms with E-state index in [0.717, 1.165) is 5.56 Å². The largest absolute Gasteiger partial charge is 0.333 e. The van der Waals surface area contributed by atoms with Crippen LogP contribution < -0.4 is 15.5 Å². The highest BCUT2D eigenvalue weighted by Crippen LogP contribution is 2.30. The number of carbonyl (C=O) groups is 1. The Hall–Kier alpha value is -3.82. The summed E-state index contributed by atoms with van der Waals surface area (Å²) < 4.78 is 0. The van der Waals surface area contributed by atoms with Gasteiger partial charge in [-0.05, 0) is 36.5 Å². The maximum absolute atomic E-state index is 13.2. The minimum atomic E-state index is -1.03. The van der Waals surface area contributed by atoms with Gasteiger partial charge in [-0.25, -0.2) is 4.99 Å². The van der Waals surface area contributed by atoms with Crippen LogP contribution >= 0.6 is 23.8 Å². The molecule has 1 aliphatic rings. The summed E-state index contributed by atoms with van der Waals surface area (Å²) in [5.41, 5.74) is 3.11. The number of likely N-dealkylation sites (N-methyl/N-ethyl adjacent to an activating group) is 1. The lowest BCUT2D eigenvalue weighted by Crippen LogP contribution is -2.47. The fraction of sp³-hybridized carbons (Fsp3) is 0.0870. The summed E-state index contributed by atoms with van der Waals surface area (Å²) in [6.45, 7) is 0. The van der Waals surface area contributed by atoms with Crippen LogP contribution in [0.5, 0.6) is 0 Å². The molecule has 3 aromatic rings. The Morgan fingerprint density at radius 1 is 1.12 bits per heavy atom. The molecule has 0 aliphatic carbocycles. The minimum absolute atomic E-state index is 0.0789. The molecular weight excluding hydrogens is 462 g/mol. The SMILES string of the molecule is CN1C(=O)C(NC(=S)Nc2cccc([N+](=O)[O-])c2)N=C(c2ccccc2)c2cc(Cl)ccc21. The standard InChI is InChI=1S/C23H18ClN5O3S/c1-28-19-11-10-15(24)12-18(19)20(14-6-3-2-4-7-14)26-21(22(28)30)27-23(33)25-16-8-5-9-17(13-16)29(31)32/h2-13,21H,1H3,(H2,25,27,33). The molecule has 33 heavy (non-hydrogen) atoms. The Balaban J connectivity index is 1.68. The van der Waals surface area contributed by atoms with Crippen molar-refractivity contribution in [3.63, 3.8) is 0 Å². The first-order valence-electron chi connectivity index (χ1n) is 9.86. The van der Waals surface area contributed by atoms with Crippen LogP contribution in [0.3, 0.4) is 0 Å². The number of nitro benzene ring substituents is 1. The summed E-state index contributed by atoms with van der Waals surface area (Å²) in [5.74, 6) is -0.326. The van der Waals surface area contributed by atoms with E-state index < -0.39 is 11.1 Å². The normalized spacial score (nSPS) is 15.2. The van der Waals surface area contributed by atoms with Gasteiger partial charge in [0.1, 0.15) is 0 Å². The number of anilines is 2. The van der Waals surface area contributed by atoms with Crippen LogP contribution in [-0.2, 0) is 4.79 Å². The molecule has 10 heteroatoms. The highest BCUT2D eigenvalue weighted by atomic mass is 35.5. The Labute approximate surface area is 200 Å². The molecule has 0 bridgehead atoms. The van der Waals surface area contributed by atoms with Crippen LogP contribution in [0, 0.1) is 10.1 Å². The number of hydrogen-bond donors (Lipinski definition) is 2. The first kappa shape index (κ1) is 22.4. The Morgan fingerprint density at radius 3 is 2.61 bits per heavy atom. The number of benzodiazepines with no additional fused rings is 1. The molecule has 0 saturated heterocycles. The van der Waals surface area contributed by atoms with Gasteiger partial charge in [-0.3, -0.25) is 14.9 Å². The van der Waals surface area contributed by atoms with Crippen molar-refractivity contribution < 1.29 is 9.72 Å². The molecule has 1 aliphatic heterocycles. The van der Waals surface area contributed by atoms with Gasteiger partial charge in [0, 0.05) is 41.0 Å². The van der Waals surface area contributed by atoms with Gasteiger partial charge in [0.15, 0.2) is 5.11 Å². The molecule has 0 radical (unpaired) electrons. The minimum Gasteiger partial charge on any atom is -0.333 e. The second kappa shape index (κ2) is 9.35. The molecule has 0 fully saturated rings. The van der Waals surface area contributed by atoms with Crippen LogP contribution in [0.15, 0.2) is 77.8 Å². The maximum Gasteiger partial charge on any atom is 0.272 e. The van der Waals surface area contributed by atoms with Gasteiger partial charge in [0.25, 0.3) is 11.6 Å². The summed E-state index contributed by atoms with van der Waals surface area (Å²) in [4.78, 5) is 30.0. The van der Waals surface area contributed by atoms with E-state index in [-0.39, 0.29) is 16.7 Å². The Kier molecular flexibility index (Phi) is 6.34. The number of amides is 1. The van der Waals surface area contributed by atoms with Gasteiger partial charge in [-0.2, -0.15) is 0 Å².